The minimum absolute atomic E-state index is 0.0957. The molecule has 1 aromatic carbocycles. The molecule has 0 aliphatic carbocycles. The SMILES string of the molecule is C[C@@H](CO)NS(=O)(=O)c1ccc(C(=O)O)cc1N. The summed E-state index contributed by atoms with van der Waals surface area (Å²) in [5, 5.41) is 17.5. The summed E-state index contributed by atoms with van der Waals surface area (Å²) in [6, 6.07) is 2.68. The quantitative estimate of drug-likeness (QED) is 0.542. The van der Waals surface area contributed by atoms with Gasteiger partial charge in [-0.2, -0.15) is 0 Å². The van der Waals surface area contributed by atoms with E-state index in [4.69, 9.17) is 15.9 Å². The molecular formula is C10H14N2O5S. The number of rotatable bonds is 5. The zero-order chi connectivity index (χ0) is 13.9. The van der Waals surface area contributed by atoms with E-state index in [1.165, 1.54) is 6.92 Å². The minimum atomic E-state index is -3.87. The Hall–Kier alpha value is -1.64. The van der Waals surface area contributed by atoms with Crippen molar-refractivity contribution in [1.82, 2.24) is 4.72 Å². The highest BCUT2D eigenvalue weighted by atomic mass is 32.2. The third kappa shape index (κ3) is 3.19. The molecule has 0 aromatic heterocycles. The van der Waals surface area contributed by atoms with Gasteiger partial charge in [0.05, 0.1) is 17.9 Å². The molecule has 1 atom stereocenters. The molecule has 1 aromatic rings. The number of hydrogen-bond donors (Lipinski definition) is 4. The van der Waals surface area contributed by atoms with Crippen LogP contribution < -0.4 is 10.5 Å². The summed E-state index contributed by atoms with van der Waals surface area (Å²) in [6.07, 6.45) is 0. The van der Waals surface area contributed by atoms with Crippen LogP contribution in [0.3, 0.4) is 0 Å². The van der Waals surface area contributed by atoms with Gasteiger partial charge in [-0.25, -0.2) is 17.9 Å². The summed E-state index contributed by atoms with van der Waals surface area (Å²) in [6.45, 7) is 1.13. The predicted molar refractivity (Wildman–Crippen MR) is 64.7 cm³/mol. The second-order valence-corrected chi connectivity index (χ2v) is 5.45. The van der Waals surface area contributed by atoms with Crippen LogP contribution in [-0.4, -0.2) is 37.2 Å². The molecule has 0 saturated heterocycles. The van der Waals surface area contributed by atoms with Crippen molar-refractivity contribution in [3.8, 4) is 0 Å². The van der Waals surface area contributed by atoms with Crippen molar-refractivity contribution in [3.63, 3.8) is 0 Å². The van der Waals surface area contributed by atoms with E-state index in [1.54, 1.807) is 0 Å². The maximum Gasteiger partial charge on any atom is 0.335 e. The lowest BCUT2D eigenvalue weighted by Crippen LogP contribution is -2.35. The second-order valence-electron chi connectivity index (χ2n) is 3.76. The first kappa shape index (κ1) is 14.4. The number of nitrogens with one attached hydrogen (secondary N) is 1. The van der Waals surface area contributed by atoms with Gasteiger partial charge in [0.2, 0.25) is 10.0 Å². The van der Waals surface area contributed by atoms with Gasteiger partial charge in [-0.3, -0.25) is 0 Å². The fourth-order valence-corrected chi connectivity index (χ4v) is 2.64. The van der Waals surface area contributed by atoms with Gasteiger partial charge in [0, 0.05) is 6.04 Å². The normalized spacial score (nSPS) is 13.2. The summed E-state index contributed by atoms with van der Waals surface area (Å²) < 4.78 is 25.9. The number of aliphatic hydroxyl groups is 1. The predicted octanol–water partition coefficient (Wildman–Crippen LogP) is -0.374. The summed E-state index contributed by atoms with van der Waals surface area (Å²) in [5.41, 5.74) is 5.26. The highest BCUT2D eigenvalue weighted by Crippen LogP contribution is 2.20. The molecule has 18 heavy (non-hydrogen) atoms. The number of carbonyl (C=O) groups is 1. The number of anilines is 1. The number of aliphatic hydroxyl groups excluding tert-OH is 1. The van der Waals surface area contributed by atoms with Gasteiger partial charge in [0.1, 0.15) is 4.90 Å². The van der Waals surface area contributed by atoms with Crippen LogP contribution in [0, 0.1) is 0 Å². The first-order valence-electron chi connectivity index (χ1n) is 5.04. The lowest BCUT2D eigenvalue weighted by molar-refractivity contribution is 0.0697. The van der Waals surface area contributed by atoms with E-state index in [9.17, 15) is 13.2 Å². The molecule has 5 N–H and O–H groups in total. The molecule has 100 valence electrons. The van der Waals surface area contributed by atoms with Crippen molar-refractivity contribution in [2.75, 3.05) is 12.3 Å². The van der Waals surface area contributed by atoms with Crippen LogP contribution in [0.1, 0.15) is 17.3 Å². The van der Waals surface area contributed by atoms with Crippen LogP contribution in [0.25, 0.3) is 0 Å². The van der Waals surface area contributed by atoms with Crippen molar-refractivity contribution in [2.45, 2.75) is 17.9 Å². The van der Waals surface area contributed by atoms with Crippen molar-refractivity contribution in [1.29, 1.82) is 0 Å². The van der Waals surface area contributed by atoms with Crippen molar-refractivity contribution >= 4 is 21.7 Å². The highest BCUT2D eigenvalue weighted by molar-refractivity contribution is 7.89. The van der Waals surface area contributed by atoms with E-state index < -0.39 is 22.0 Å². The molecule has 0 aliphatic rings. The van der Waals surface area contributed by atoms with E-state index in [-0.39, 0.29) is 22.8 Å². The molecule has 0 saturated carbocycles. The van der Waals surface area contributed by atoms with E-state index in [2.05, 4.69) is 4.72 Å². The van der Waals surface area contributed by atoms with Crippen LogP contribution >= 0.6 is 0 Å². The fourth-order valence-electron chi connectivity index (χ4n) is 1.29. The summed E-state index contributed by atoms with van der Waals surface area (Å²) >= 11 is 0. The van der Waals surface area contributed by atoms with Gasteiger partial charge in [-0.15, -0.1) is 0 Å². The molecule has 0 fully saturated rings. The number of nitrogen functional groups attached to an aromatic ring is 1. The third-order valence-corrected chi connectivity index (χ3v) is 3.84. The fraction of sp³-hybridized carbons (Fsp3) is 0.300. The van der Waals surface area contributed by atoms with E-state index >= 15 is 0 Å². The molecule has 7 nitrogen and oxygen atoms in total. The maximum atomic E-state index is 11.9. The monoisotopic (exact) mass is 274 g/mol. The Bertz CT molecular complexity index is 555. The zero-order valence-corrected chi connectivity index (χ0v) is 10.4. The van der Waals surface area contributed by atoms with E-state index in [0.717, 1.165) is 18.2 Å². The van der Waals surface area contributed by atoms with Crippen LogP contribution in [0.2, 0.25) is 0 Å². The standard InChI is InChI=1S/C10H14N2O5S/c1-6(5-13)12-18(16,17)9-3-2-7(10(14)15)4-8(9)11/h2-4,6,12-13H,5,11H2,1H3,(H,14,15)/t6-/m0/s1. The van der Waals surface area contributed by atoms with Crippen molar-refractivity contribution < 1.29 is 23.4 Å². The number of carboxylic acids is 1. The highest BCUT2D eigenvalue weighted by Gasteiger charge is 2.20. The Morgan fingerprint density at radius 1 is 1.50 bits per heavy atom. The van der Waals surface area contributed by atoms with E-state index in [0.29, 0.717) is 0 Å². The molecule has 0 aliphatic heterocycles. The number of benzene rings is 1. The van der Waals surface area contributed by atoms with Crippen molar-refractivity contribution in [3.05, 3.63) is 23.8 Å². The number of sulfonamides is 1. The van der Waals surface area contributed by atoms with Crippen LogP contribution in [0.5, 0.6) is 0 Å². The smallest absolute Gasteiger partial charge is 0.335 e. The molecule has 0 spiro atoms. The molecular weight excluding hydrogens is 260 g/mol. The molecule has 0 radical (unpaired) electrons. The van der Waals surface area contributed by atoms with E-state index in [1.807, 2.05) is 0 Å². The average molecular weight is 274 g/mol. The Kier molecular flexibility index (Phi) is 4.28. The van der Waals surface area contributed by atoms with Gasteiger partial charge in [-0.1, -0.05) is 0 Å². The Balaban J connectivity index is 3.14. The molecule has 1 rings (SSSR count). The average Bonchev–Trinajstić information content (AvgIpc) is 2.27. The Morgan fingerprint density at radius 3 is 2.56 bits per heavy atom. The number of carboxylic acid groups (broad SMARTS) is 1. The van der Waals surface area contributed by atoms with Gasteiger partial charge >= 0.3 is 5.97 Å². The van der Waals surface area contributed by atoms with Crippen LogP contribution in [0.15, 0.2) is 23.1 Å². The molecule has 0 bridgehead atoms. The largest absolute Gasteiger partial charge is 0.478 e. The summed E-state index contributed by atoms with van der Waals surface area (Å²) in [5.74, 6) is -1.19. The number of nitrogens with two attached hydrogens (primary N) is 1. The zero-order valence-electron chi connectivity index (χ0n) is 9.62. The lowest BCUT2D eigenvalue weighted by Gasteiger charge is -2.13. The minimum Gasteiger partial charge on any atom is -0.478 e. The summed E-state index contributed by atoms with van der Waals surface area (Å²) in [4.78, 5) is 10.5. The first-order valence-corrected chi connectivity index (χ1v) is 6.52. The molecule has 0 heterocycles. The lowest BCUT2D eigenvalue weighted by atomic mass is 10.2. The number of aromatic carboxylic acids is 1. The van der Waals surface area contributed by atoms with Gasteiger partial charge in [0.25, 0.3) is 0 Å². The second kappa shape index (κ2) is 5.34. The van der Waals surface area contributed by atoms with Gasteiger partial charge in [0.15, 0.2) is 0 Å². The molecule has 0 unspecified atom stereocenters. The Morgan fingerprint density at radius 2 is 2.11 bits per heavy atom. The molecule has 8 heteroatoms. The molecule has 0 amide bonds. The Labute approximate surface area is 104 Å². The van der Waals surface area contributed by atoms with Gasteiger partial charge < -0.3 is 15.9 Å². The topological polar surface area (TPSA) is 130 Å². The van der Waals surface area contributed by atoms with Gasteiger partial charge in [-0.05, 0) is 25.1 Å². The third-order valence-electron chi connectivity index (χ3n) is 2.18. The van der Waals surface area contributed by atoms with Crippen LogP contribution in [-0.2, 0) is 10.0 Å². The first-order chi connectivity index (χ1) is 8.27. The maximum absolute atomic E-state index is 11.9. The number of hydrogen-bond acceptors (Lipinski definition) is 5. The van der Waals surface area contributed by atoms with Crippen LogP contribution in [0.4, 0.5) is 5.69 Å². The van der Waals surface area contributed by atoms with Crippen molar-refractivity contribution in [2.24, 2.45) is 0 Å². The summed E-state index contributed by atoms with van der Waals surface area (Å²) in [7, 11) is -3.87.